The van der Waals surface area contributed by atoms with Crippen molar-refractivity contribution >= 4 is 17.3 Å². The van der Waals surface area contributed by atoms with E-state index in [2.05, 4.69) is 10.2 Å². The third-order valence-electron chi connectivity index (χ3n) is 4.96. The third-order valence-corrected chi connectivity index (χ3v) is 4.96. The molecule has 0 bridgehead atoms. The summed E-state index contributed by atoms with van der Waals surface area (Å²) in [6, 6.07) is 11.1. The molecule has 0 saturated carbocycles. The Morgan fingerprint density at radius 2 is 2.04 bits per heavy atom. The zero-order valence-electron chi connectivity index (χ0n) is 15.2. The standard InChI is InChI=1S/C20H22FN3O3/c1-14-18(5-2-6-19(14)24(26)27)22-20(25)16-4-3-11-23(13-16)12-15-7-9-17(21)10-8-15/h2,5-10,16H,3-4,11-13H2,1H3,(H,22,25)/t16-/m0/s1. The number of likely N-dealkylation sites (tertiary alicyclic amines) is 1. The molecule has 3 rings (SSSR count). The molecule has 2 aromatic carbocycles. The Kier molecular flexibility index (Phi) is 5.81. The monoisotopic (exact) mass is 371 g/mol. The number of hydrogen-bond acceptors (Lipinski definition) is 4. The van der Waals surface area contributed by atoms with E-state index >= 15 is 0 Å². The van der Waals surface area contributed by atoms with Crippen LogP contribution in [0.4, 0.5) is 15.8 Å². The molecule has 0 spiro atoms. The van der Waals surface area contributed by atoms with Crippen molar-refractivity contribution in [3.63, 3.8) is 0 Å². The molecule has 1 atom stereocenters. The van der Waals surface area contributed by atoms with Crippen LogP contribution in [0.15, 0.2) is 42.5 Å². The molecular formula is C20H22FN3O3. The van der Waals surface area contributed by atoms with Gasteiger partial charge in [-0.3, -0.25) is 19.8 Å². The van der Waals surface area contributed by atoms with Gasteiger partial charge in [0, 0.05) is 19.2 Å². The molecule has 1 amide bonds. The maximum Gasteiger partial charge on any atom is 0.274 e. The predicted octanol–water partition coefficient (Wildman–Crippen LogP) is 3.89. The van der Waals surface area contributed by atoms with Gasteiger partial charge in [-0.2, -0.15) is 0 Å². The fraction of sp³-hybridized carbons (Fsp3) is 0.350. The average Bonchev–Trinajstić information content (AvgIpc) is 2.65. The molecule has 6 nitrogen and oxygen atoms in total. The minimum Gasteiger partial charge on any atom is -0.325 e. The Morgan fingerprint density at radius 3 is 2.74 bits per heavy atom. The van der Waals surface area contributed by atoms with Gasteiger partial charge in [0.15, 0.2) is 0 Å². The van der Waals surface area contributed by atoms with Gasteiger partial charge in [0.1, 0.15) is 5.82 Å². The number of benzene rings is 2. The Balaban J connectivity index is 1.64. The summed E-state index contributed by atoms with van der Waals surface area (Å²) in [4.78, 5) is 25.5. The number of nitro benzene ring substituents is 1. The van der Waals surface area contributed by atoms with Crippen molar-refractivity contribution in [2.75, 3.05) is 18.4 Å². The first-order chi connectivity index (χ1) is 12.9. The van der Waals surface area contributed by atoms with Crippen LogP contribution in [0.1, 0.15) is 24.0 Å². The fourth-order valence-electron chi connectivity index (χ4n) is 3.45. The summed E-state index contributed by atoms with van der Waals surface area (Å²) in [6.07, 6.45) is 1.67. The normalized spacial score (nSPS) is 17.5. The molecule has 0 unspecified atom stereocenters. The first kappa shape index (κ1) is 19.0. The molecule has 7 heteroatoms. The van der Waals surface area contributed by atoms with E-state index in [9.17, 15) is 19.3 Å². The second kappa shape index (κ2) is 8.26. The largest absolute Gasteiger partial charge is 0.325 e. The highest BCUT2D eigenvalue weighted by Crippen LogP contribution is 2.27. The quantitative estimate of drug-likeness (QED) is 0.639. The van der Waals surface area contributed by atoms with Gasteiger partial charge in [-0.05, 0) is 50.1 Å². The fourth-order valence-corrected chi connectivity index (χ4v) is 3.45. The van der Waals surface area contributed by atoms with E-state index in [1.165, 1.54) is 18.2 Å². The number of nitrogens with one attached hydrogen (secondary N) is 1. The van der Waals surface area contributed by atoms with Crippen molar-refractivity contribution in [3.8, 4) is 0 Å². The van der Waals surface area contributed by atoms with Crippen LogP contribution in [0, 0.1) is 28.8 Å². The highest BCUT2D eigenvalue weighted by Gasteiger charge is 2.26. The summed E-state index contributed by atoms with van der Waals surface area (Å²) in [5.74, 6) is -0.567. The maximum absolute atomic E-state index is 13.0. The number of hydrogen-bond donors (Lipinski definition) is 1. The van der Waals surface area contributed by atoms with Gasteiger partial charge in [-0.25, -0.2) is 4.39 Å². The number of piperidine rings is 1. The third kappa shape index (κ3) is 4.68. The van der Waals surface area contributed by atoms with Crippen molar-refractivity contribution in [2.24, 2.45) is 5.92 Å². The first-order valence-electron chi connectivity index (χ1n) is 8.95. The highest BCUT2D eigenvalue weighted by molar-refractivity contribution is 5.94. The summed E-state index contributed by atoms with van der Waals surface area (Å²) < 4.78 is 13.0. The van der Waals surface area contributed by atoms with Crippen molar-refractivity contribution in [1.29, 1.82) is 0 Å². The molecule has 1 N–H and O–H groups in total. The maximum atomic E-state index is 13.0. The van der Waals surface area contributed by atoms with Crippen LogP contribution in [-0.4, -0.2) is 28.8 Å². The number of rotatable bonds is 5. The first-order valence-corrected chi connectivity index (χ1v) is 8.95. The smallest absolute Gasteiger partial charge is 0.274 e. The van der Waals surface area contributed by atoms with Gasteiger partial charge in [-0.15, -0.1) is 0 Å². The molecule has 142 valence electrons. The summed E-state index contributed by atoms with van der Waals surface area (Å²) >= 11 is 0. The minimum atomic E-state index is -0.448. The van der Waals surface area contributed by atoms with E-state index in [0.717, 1.165) is 24.9 Å². The van der Waals surface area contributed by atoms with Gasteiger partial charge in [0.25, 0.3) is 5.69 Å². The molecule has 1 heterocycles. The lowest BCUT2D eigenvalue weighted by atomic mass is 9.96. The van der Waals surface area contributed by atoms with Gasteiger partial charge in [0.05, 0.1) is 22.1 Å². The summed E-state index contributed by atoms with van der Waals surface area (Å²) in [5.41, 5.74) is 1.93. The lowest BCUT2D eigenvalue weighted by Crippen LogP contribution is -2.40. The Bertz CT molecular complexity index is 839. The zero-order valence-corrected chi connectivity index (χ0v) is 15.2. The second-order valence-corrected chi connectivity index (χ2v) is 6.90. The highest BCUT2D eigenvalue weighted by atomic mass is 19.1. The Morgan fingerprint density at radius 1 is 1.30 bits per heavy atom. The molecule has 0 radical (unpaired) electrons. The number of anilines is 1. The van der Waals surface area contributed by atoms with Crippen LogP contribution in [0.5, 0.6) is 0 Å². The lowest BCUT2D eigenvalue weighted by Gasteiger charge is -2.32. The molecule has 1 aliphatic heterocycles. The Labute approximate surface area is 157 Å². The number of halogens is 1. The lowest BCUT2D eigenvalue weighted by molar-refractivity contribution is -0.385. The summed E-state index contributed by atoms with van der Waals surface area (Å²) in [7, 11) is 0. The van der Waals surface area contributed by atoms with E-state index in [4.69, 9.17) is 0 Å². The predicted molar refractivity (Wildman–Crippen MR) is 101 cm³/mol. The summed E-state index contributed by atoms with van der Waals surface area (Å²) in [6.45, 7) is 3.80. The van der Waals surface area contributed by atoms with E-state index in [1.807, 2.05) is 0 Å². The topological polar surface area (TPSA) is 75.5 Å². The van der Waals surface area contributed by atoms with Crippen molar-refractivity contribution in [3.05, 3.63) is 69.5 Å². The van der Waals surface area contributed by atoms with Crippen LogP contribution in [-0.2, 0) is 11.3 Å². The molecule has 1 aliphatic rings. The van der Waals surface area contributed by atoms with E-state index < -0.39 is 4.92 Å². The number of nitrogens with zero attached hydrogens (tertiary/aromatic N) is 2. The van der Waals surface area contributed by atoms with Crippen LogP contribution in [0.25, 0.3) is 0 Å². The van der Waals surface area contributed by atoms with Crippen LogP contribution in [0.2, 0.25) is 0 Å². The SMILES string of the molecule is Cc1c(NC(=O)[C@H]2CCCN(Cc3ccc(F)cc3)C2)cccc1[N+](=O)[O-]. The van der Waals surface area contributed by atoms with Crippen LogP contribution < -0.4 is 5.32 Å². The molecule has 1 saturated heterocycles. The average molecular weight is 371 g/mol. The van der Waals surface area contributed by atoms with Crippen LogP contribution in [0.3, 0.4) is 0 Å². The number of amides is 1. The van der Waals surface area contributed by atoms with Gasteiger partial charge < -0.3 is 5.32 Å². The summed E-state index contributed by atoms with van der Waals surface area (Å²) in [5, 5.41) is 13.9. The molecule has 1 fully saturated rings. The van der Waals surface area contributed by atoms with Gasteiger partial charge >= 0.3 is 0 Å². The van der Waals surface area contributed by atoms with E-state index in [0.29, 0.717) is 24.3 Å². The minimum absolute atomic E-state index is 0.00520. The second-order valence-electron chi connectivity index (χ2n) is 6.90. The van der Waals surface area contributed by atoms with Crippen molar-refractivity contribution < 1.29 is 14.1 Å². The number of carbonyl (C=O) groups is 1. The molecule has 2 aromatic rings. The molecule has 27 heavy (non-hydrogen) atoms. The number of carbonyl (C=O) groups excluding carboxylic acids is 1. The van der Waals surface area contributed by atoms with E-state index in [-0.39, 0.29) is 23.3 Å². The molecular weight excluding hydrogens is 349 g/mol. The molecule has 0 aromatic heterocycles. The van der Waals surface area contributed by atoms with Crippen molar-refractivity contribution in [1.82, 2.24) is 4.90 Å². The van der Waals surface area contributed by atoms with Gasteiger partial charge in [-0.1, -0.05) is 18.2 Å². The van der Waals surface area contributed by atoms with Gasteiger partial charge in [0.2, 0.25) is 5.91 Å². The number of nitro groups is 1. The molecule has 0 aliphatic carbocycles. The van der Waals surface area contributed by atoms with Crippen LogP contribution >= 0.6 is 0 Å². The van der Waals surface area contributed by atoms with Crippen molar-refractivity contribution in [2.45, 2.75) is 26.3 Å². The van der Waals surface area contributed by atoms with E-state index in [1.54, 1.807) is 31.2 Å². The Hall–Kier alpha value is -2.80. The zero-order chi connectivity index (χ0) is 19.4.